The van der Waals surface area contributed by atoms with E-state index in [0.29, 0.717) is 18.4 Å². The van der Waals surface area contributed by atoms with Crippen LogP contribution in [0.4, 0.5) is 5.69 Å². The van der Waals surface area contributed by atoms with Gasteiger partial charge in [0.05, 0.1) is 17.9 Å². The number of rotatable bonds is 3. The highest BCUT2D eigenvalue weighted by molar-refractivity contribution is 14.0. The Hall–Kier alpha value is -1.05. The summed E-state index contributed by atoms with van der Waals surface area (Å²) < 4.78 is 0. The maximum absolute atomic E-state index is 6.12. The number of likely N-dealkylation sites (tertiary alicyclic amines) is 1. The van der Waals surface area contributed by atoms with E-state index in [1.165, 1.54) is 12.8 Å². The Morgan fingerprint density at radius 1 is 1.52 bits per heavy atom. The van der Waals surface area contributed by atoms with Gasteiger partial charge in [-0.1, -0.05) is 6.92 Å². The van der Waals surface area contributed by atoms with E-state index < -0.39 is 0 Å². The Labute approximate surface area is 144 Å². The Bertz CT molecular complexity index is 475. The molecule has 6 heteroatoms. The lowest BCUT2D eigenvalue weighted by atomic mass is 10.0. The van der Waals surface area contributed by atoms with E-state index in [4.69, 9.17) is 5.73 Å². The lowest BCUT2D eigenvalue weighted by molar-refractivity contribution is 0.270. The predicted molar refractivity (Wildman–Crippen MR) is 99.3 cm³/mol. The highest BCUT2D eigenvalue weighted by Gasteiger charge is 2.17. The quantitative estimate of drug-likeness (QED) is 0.478. The number of halogens is 1. The van der Waals surface area contributed by atoms with E-state index in [1.807, 2.05) is 20.2 Å². The number of piperidine rings is 1. The van der Waals surface area contributed by atoms with Crippen LogP contribution in [0.15, 0.2) is 23.3 Å². The fourth-order valence-electron chi connectivity index (χ4n) is 2.61. The lowest BCUT2D eigenvalue weighted by Crippen LogP contribution is -2.43. The summed E-state index contributed by atoms with van der Waals surface area (Å²) in [6, 6.07) is 4.00. The minimum atomic E-state index is 0. The van der Waals surface area contributed by atoms with Gasteiger partial charge in [-0.2, -0.15) is 0 Å². The van der Waals surface area contributed by atoms with Gasteiger partial charge in [0, 0.05) is 33.4 Å². The summed E-state index contributed by atoms with van der Waals surface area (Å²) in [5, 5.41) is 0. The van der Waals surface area contributed by atoms with E-state index in [0.717, 1.165) is 24.5 Å². The molecule has 0 aliphatic carbocycles. The highest BCUT2D eigenvalue weighted by Crippen LogP contribution is 2.17. The lowest BCUT2D eigenvalue weighted by Gasteiger charge is -2.31. The summed E-state index contributed by atoms with van der Waals surface area (Å²) in [7, 11) is 4.03. The third-order valence-electron chi connectivity index (χ3n) is 3.72. The Morgan fingerprint density at radius 3 is 2.95 bits per heavy atom. The van der Waals surface area contributed by atoms with Crippen LogP contribution in [0.5, 0.6) is 0 Å². The number of anilines is 1. The largest absolute Gasteiger partial charge is 0.376 e. The number of guanidine groups is 1. The van der Waals surface area contributed by atoms with Crippen LogP contribution < -0.4 is 10.6 Å². The molecular formula is C15H26IN5. The first-order chi connectivity index (χ1) is 9.58. The molecule has 2 N–H and O–H groups in total. The second-order valence-corrected chi connectivity index (χ2v) is 5.73. The normalized spacial score (nSPS) is 19.1. The number of nitrogens with zero attached hydrogens (tertiary/aromatic N) is 4. The van der Waals surface area contributed by atoms with Gasteiger partial charge in [0.1, 0.15) is 0 Å². The number of aliphatic imine (C=N–C) groups is 1. The fourth-order valence-corrected chi connectivity index (χ4v) is 2.61. The number of nitrogens with two attached hydrogens (primary N) is 1. The van der Waals surface area contributed by atoms with Crippen LogP contribution in [-0.4, -0.2) is 43.0 Å². The van der Waals surface area contributed by atoms with E-state index >= 15 is 0 Å². The van der Waals surface area contributed by atoms with E-state index in [1.54, 1.807) is 6.20 Å². The molecule has 21 heavy (non-hydrogen) atoms. The molecule has 2 heterocycles. The number of aromatic nitrogens is 1. The van der Waals surface area contributed by atoms with Crippen LogP contribution in [0.3, 0.4) is 0 Å². The molecule has 118 valence electrons. The van der Waals surface area contributed by atoms with Crippen LogP contribution in [0, 0.1) is 5.92 Å². The molecule has 0 bridgehead atoms. The van der Waals surface area contributed by atoms with Crippen molar-refractivity contribution in [2.45, 2.75) is 26.3 Å². The SMILES string of the molecule is CC1CCCN(C(N)=NCc2ncccc2N(C)C)C1.I. The summed E-state index contributed by atoms with van der Waals surface area (Å²) in [5.41, 5.74) is 8.18. The molecule has 2 rings (SSSR count). The molecule has 0 radical (unpaired) electrons. The first-order valence-corrected chi connectivity index (χ1v) is 7.24. The molecule has 1 aromatic rings. The Kier molecular flexibility index (Phi) is 7.21. The van der Waals surface area contributed by atoms with Gasteiger partial charge in [-0.25, -0.2) is 4.99 Å². The first kappa shape index (κ1) is 18.0. The summed E-state index contributed by atoms with van der Waals surface area (Å²) in [6.45, 7) is 4.83. The third-order valence-corrected chi connectivity index (χ3v) is 3.72. The summed E-state index contributed by atoms with van der Waals surface area (Å²) in [5.74, 6) is 1.34. The van der Waals surface area contributed by atoms with Gasteiger partial charge in [0.15, 0.2) is 5.96 Å². The second kappa shape index (κ2) is 8.41. The van der Waals surface area contributed by atoms with Crippen molar-refractivity contribution in [2.75, 3.05) is 32.1 Å². The van der Waals surface area contributed by atoms with Crippen molar-refractivity contribution < 1.29 is 0 Å². The van der Waals surface area contributed by atoms with Gasteiger partial charge in [-0.05, 0) is 30.9 Å². The minimum absolute atomic E-state index is 0. The average Bonchev–Trinajstić information content (AvgIpc) is 2.45. The summed E-state index contributed by atoms with van der Waals surface area (Å²) in [6.07, 6.45) is 4.29. The molecular weight excluding hydrogens is 377 g/mol. The summed E-state index contributed by atoms with van der Waals surface area (Å²) >= 11 is 0. The van der Waals surface area contributed by atoms with Crippen LogP contribution in [-0.2, 0) is 6.54 Å². The summed E-state index contributed by atoms with van der Waals surface area (Å²) in [4.78, 5) is 13.2. The van der Waals surface area contributed by atoms with Gasteiger partial charge >= 0.3 is 0 Å². The zero-order chi connectivity index (χ0) is 14.5. The van der Waals surface area contributed by atoms with E-state index in [2.05, 4.69) is 32.8 Å². The van der Waals surface area contributed by atoms with Crippen LogP contribution in [0.25, 0.3) is 0 Å². The fraction of sp³-hybridized carbons (Fsp3) is 0.600. The minimum Gasteiger partial charge on any atom is -0.376 e. The first-order valence-electron chi connectivity index (χ1n) is 7.24. The maximum Gasteiger partial charge on any atom is 0.191 e. The Balaban J connectivity index is 0.00000220. The molecule has 0 amide bonds. The maximum atomic E-state index is 6.12. The molecule has 1 aromatic heterocycles. The molecule has 1 atom stereocenters. The van der Waals surface area contributed by atoms with Gasteiger partial charge in [-0.15, -0.1) is 24.0 Å². The van der Waals surface area contributed by atoms with E-state index in [-0.39, 0.29) is 24.0 Å². The van der Waals surface area contributed by atoms with E-state index in [9.17, 15) is 0 Å². The standard InChI is InChI=1S/C15H25N5.HI/c1-12-6-5-9-20(11-12)15(16)18-10-13-14(19(2)3)7-4-8-17-13;/h4,7-8,12H,5-6,9-11H2,1-3H3,(H2,16,18);1H. The second-order valence-electron chi connectivity index (χ2n) is 5.73. The molecule has 1 aliphatic heterocycles. The van der Waals surface area contributed by atoms with Gasteiger partial charge in [0.2, 0.25) is 0 Å². The number of hydrogen-bond donors (Lipinski definition) is 1. The van der Waals surface area contributed by atoms with Crippen LogP contribution >= 0.6 is 24.0 Å². The molecule has 0 aromatic carbocycles. The van der Waals surface area contributed by atoms with Crippen molar-refractivity contribution >= 4 is 35.6 Å². The topological polar surface area (TPSA) is 57.8 Å². The van der Waals surface area contributed by atoms with Crippen molar-refractivity contribution in [2.24, 2.45) is 16.6 Å². The molecule has 0 spiro atoms. The molecule has 1 aliphatic rings. The molecule has 1 fully saturated rings. The monoisotopic (exact) mass is 403 g/mol. The van der Waals surface area contributed by atoms with Gasteiger partial charge in [0.25, 0.3) is 0 Å². The zero-order valence-electron chi connectivity index (χ0n) is 13.1. The zero-order valence-corrected chi connectivity index (χ0v) is 15.4. The van der Waals surface area contributed by atoms with Crippen molar-refractivity contribution in [1.29, 1.82) is 0 Å². The molecule has 1 unspecified atom stereocenters. The van der Waals surface area contributed by atoms with Crippen molar-refractivity contribution in [3.63, 3.8) is 0 Å². The van der Waals surface area contributed by atoms with Gasteiger partial charge in [-0.3, -0.25) is 4.98 Å². The van der Waals surface area contributed by atoms with Gasteiger partial charge < -0.3 is 15.5 Å². The van der Waals surface area contributed by atoms with Crippen molar-refractivity contribution in [3.05, 3.63) is 24.0 Å². The van der Waals surface area contributed by atoms with Crippen LogP contribution in [0.1, 0.15) is 25.5 Å². The average molecular weight is 403 g/mol. The number of hydrogen-bond acceptors (Lipinski definition) is 3. The predicted octanol–water partition coefficient (Wildman–Crippen LogP) is 2.31. The number of pyridine rings is 1. The highest BCUT2D eigenvalue weighted by atomic mass is 127. The smallest absolute Gasteiger partial charge is 0.191 e. The molecule has 5 nitrogen and oxygen atoms in total. The van der Waals surface area contributed by atoms with Crippen LogP contribution in [0.2, 0.25) is 0 Å². The third kappa shape index (κ3) is 5.01. The molecule has 1 saturated heterocycles. The molecule has 0 saturated carbocycles. The van der Waals surface area contributed by atoms with Crippen molar-refractivity contribution in [1.82, 2.24) is 9.88 Å². The Morgan fingerprint density at radius 2 is 2.29 bits per heavy atom. The van der Waals surface area contributed by atoms with Crippen molar-refractivity contribution in [3.8, 4) is 0 Å².